The molecule has 0 aliphatic heterocycles. The largest absolute Gasteiger partial charge is 0.383 e. The number of fused-ring (bicyclic) bond motifs is 1. The summed E-state index contributed by atoms with van der Waals surface area (Å²) in [5.74, 6) is 0.00273. The number of halogens is 1. The van der Waals surface area contributed by atoms with Crippen molar-refractivity contribution in [3.63, 3.8) is 0 Å². The van der Waals surface area contributed by atoms with E-state index in [4.69, 9.17) is 16.3 Å². The lowest BCUT2D eigenvalue weighted by Gasteiger charge is -2.19. The molecule has 1 amide bonds. The minimum atomic E-state index is -0.187. The SMILES string of the molecule is COCC(Cl)CN(C)C(=O)c1cc2ccccc2s1. The Balaban J connectivity index is 2.10. The normalized spacial score (nSPS) is 12.6. The minimum absolute atomic E-state index is 0.00273. The molecule has 1 heterocycles. The number of benzene rings is 1. The van der Waals surface area contributed by atoms with Gasteiger partial charge in [0.15, 0.2) is 0 Å². The van der Waals surface area contributed by atoms with Gasteiger partial charge in [0.25, 0.3) is 5.91 Å². The van der Waals surface area contributed by atoms with Crippen LogP contribution in [0.25, 0.3) is 10.1 Å². The van der Waals surface area contributed by atoms with E-state index in [1.807, 2.05) is 30.3 Å². The highest BCUT2D eigenvalue weighted by molar-refractivity contribution is 7.20. The molecule has 19 heavy (non-hydrogen) atoms. The second kappa shape index (κ2) is 6.37. The number of nitrogens with zero attached hydrogens (tertiary/aromatic N) is 1. The molecule has 0 radical (unpaired) electrons. The van der Waals surface area contributed by atoms with Crippen LogP contribution in [0.15, 0.2) is 30.3 Å². The van der Waals surface area contributed by atoms with Crippen molar-refractivity contribution in [2.24, 2.45) is 0 Å². The van der Waals surface area contributed by atoms with Crippen LogP contribution in [-0.4, -0.2) is 43.5 Å². The van der Waals surface area contributed by atoms with Crippen molar-refractivity contribution in [2.75, 3.05) is 27.3 Å². The van der Waals surface area contributed by atoms with Crippen LogP contribution >= 0.6 is 22.9 Å². The van der Waals surface area contributed by atoms with Crippen LogP contribution in [0, 0.1) is 0 Å². The van der Waals surface area contributed by atoms with E-state index in [0.717, 1.165) is 15.0 Å². The Kier molecular flexibility index (Phi) is 4.80. The van der Waals surface area contributed by atoms with Crippen LogP contribution in [0.4, 0.5) is 0 Å². The third-order valence-electron chi connectivity index (χ3n) is 2.80. The third kappa shape index (κ3) is 3.47. The third-order valence-corrected chi connectivity index (χ3v) is 4.17. The summed E-state index contributed by atoms with van der Waals surface area (Å²) in [6.45, 7) is 0.911. The smallest absolute Gasteiger partial charge is 0.263 e. The van der Waals surface area contributed by atoms with Gasteiger partial charge in [0.1, 0.15) is 0 Å². The Labute approximate surface area is 121 Å². The Morgan fingerprint density at radius 3 is 2.89 bits per heavy atom. The fourth-order valence-corrected chi connectivity index (χ4v) is 3.28. The van der Waals surface area contributed by atoms with E-state index in [1.165, 1.54) is 11.3 Å². The zero-order valence-corrected chi connectivity index (χ0v) is 12.5. The summed E-state index contributed by atoms with van der Waals surface area (Å²) >= 11 is 7.58. The molecule has 0 spiro atoms. The number of carbonyl (C=O) groups is 1. The van der Waals surface area contributed by atoms with Crippen molar-refractivity contribution in [1.29, 1.82) is 0 Å². The first kappa shape index (κ1) is 14.3. The molecular weight excluding hydrogens is 282 g/mol. The minimum Gasteiger partial charge on any atom is -0.383 e. The topological polar surface area (TPSA) is 29.5 Å². The first-order valence-corrected chi connectivity index (χ1v) is 7.24. The fourth-order valence-electron chi connectivity index (χ4n) is 1.89. The van der Waals surface area contributed by atoms with Crippen LogP contribution in [0.3, 0.4) is 0 Å². The monoisotopic (exact) mass is 297 g/mol. The van der Waals surface area contributed by atoms with E-state index in [9.17, 15) is 4.79 Å². The maximum atomic E-state index is 12.3. The molecule has 1 unspecified atom stereocenters. The maximum absolute atomic E-state index is 12.3. The molecule has 0 N–H and O–H groups in total. The van der Waals surface area contributed by atoms with Gasteiger partial charge in [0.2, 0.25) is 0 Å². The van der Waals surface area contributed by atoms with Crippen LogP contribution < -0.4 is 0 Å². The highest BCUT2D eigenvalue weighted by Crippen LogP contribution is 2.26. The van der Waals surface area contributed by atoms with Crippen molar-refractivity contribution in [3.8, 4) is 0 Å². The van der Waals surface area contributed by atoms with E-state index in [-0.39, 0.29) is 11.3 Å². The van der Waals surface area contributed by atoms with Gasteiger partial charge in [0, 0.05) is 25.4 Å². The second-order valence-corrected chi connectivity index (χ2v) is 6.09. The van der Waals surface area contributed by atoms with Gasteiger partial charge < -0.3 is 9.64 Å². The average Bonchev–Trinajstić information content (AvgIpc) is 2.81. The van der Waals surface area contributed by atoms with E-state index in [1.54, 1.807) is 19.1 Å². The lowest BCUT2D eigenvalue weighted by Crippen LogP contribution is -2.33. The predicted octanol–water partition coefficient (Wildman–Crippen LogP) is 3.23. The van der Waals surface area contributed by atoms with Gasteiger partial charge in [-0.05, 0) is 17.5 Å². The molecule has 0 aliphatic carbocycles. The summed E-state index contributed by atoms with van der Waals surface area (Å²) in [5.41, 5.74) is 0. The summed E-state index contributed by atoms with van der Waals surface area (Å²) in [6.07, 6.45) is 0. The van der Waals surface area contributed by atoms with E-state index in [0.29, 0.717) is 13.2 Å². The van der Waals surface area contributed by atoms with Gasteiger partial charge >= 0.3 is 0 Å². The first-order valence-electron chi connectivity index (χ1n) is 5.99. The first-order chi connectivity index (χ1) is 9.11. The number of carbonyl (C=O) groups excluding carboxylic acids is 1. The number of amides is 1. The number of rotatable bonds is 5. The van der Waals surface area contributed by atoms with Gasteiger partial charge in [-0.15, -0.1) is 22.9 Å². The van der Waals surface area contributed by atoms with Gasteiger partial charge in [-0.1, -0.05) is 18.2 Å². The van der Waals surface area contributed by atoms with Crippen molar-refractivity contribution >= 4 is 38.9 Å². The Hall–Kier alpha value is -1.10. The summed E-state index contributed by atoms with van der Waals surface area (Å²) in [5, 5.41) is 0.914. The van der Waals surface area contributed by atoms with Crippen LogP contribution in [0.2, 0.25) is 0 Å². The molecule has 1 aromatic carbocycles. The quantitative estimate of drug-likeness (QED) is 0.793. The molecule has 1 atom stereocenters. The number of ether oxygens (including phenoxy) is 1. The lowest BCUT2D eigenvalue weighted by molar-refractivity contribution is 0.0786. The standard InChI is InChI=1S/C14H16ClNO2S/c1-16(8-11(15)9-18-2)14(17)13-7-10-5-3-4-6-12(10)19-13/h3-7,11H,8-9H2,1-2H3. The zero-order chi connectivity index (χ0) is 13.8. The highest BCUT2D eigenvalue weighted by atomic mass is 35.5. The fraction of sp³-hybridized carbons (Fsp3) is 0.357. The number of alkyl halides is 1. The molecule has 2 rings (SSSR count). The average molecular weight is 298 g/mol. The summed E-state index contributed by atoms with van der Waals surface area (Å²) < 4.78 is 6.09. The molecule has 0 saturated carbocycles. The van der Waals surface area contributed by atoms with E-state index in [2.05, 4.69) is 0 Å². The number of hydrogen-bond donors (Lipinski definition) is 0. The zero-order valence-electron chi connectivity index (χ0n) is 10.9. The number of thiophene rings is 1. The summed E-state index contributed by atoms with van der Waals surface area (Å²) in [4.78, 5) is 14.7. The second-order valence-electron chi connectivity index (χ2n) is 4.39. The Bertz CT molecular complexity index is 536. The molecule has 0 aliphatic rings. The van der Waals surface area contributed by atoms with Gasteiger partial charge in [-0.2, -0.15) is 0 Å². The van der Waals surface area contributed by atoms with Crippen LogP contribution in [-0.2, 0) is 4.74 Å². The molecule has 3 nitrogen and oxygen atoms in total. The molecule has 0 saturated heterocycles. The molecule has 5 heteroatoms. The lowest BCUT2D eigenvalue weighted by atomic mass is 10.2. The van der Waals surface area contributed by atoms with Gasteiger partial charge in [-0.25, -0.2) is 0 Å². The van der Waals surface area contributed by atoms with Crippen molar-refractivity contribution in [3.05, 3.63) is 35.2 Å². The van der Waals surface area contributed by atoms with Crippen LogP contribution in [0.5, 0.6) is 0 Å². The highest BCUT2D eigenvalue weighted by Gasteiger charge is 2.17. The molecule has 102 valence electrons. The molecular formula is C14H16ClNO2S. The Morgan fingerprint density at radius 1 is 1.47 bits per heavy atom. The molecule has 1 aromatic heterocycles. The predicted molar refractivity (Wildman–Crippen MR) is 80.3 cm³/mol. The van der Waals surface area contributed by atoms with Crippen molar-refractivity contribution < 1.29 is 9.53 Å². The maximum Gasteiger partial charge on any atom is 0.263 e. The van der Waals surface area contributed by atoms with Crippen molar-refractivity contribution in [1.82, 2.24) is 4.90 Å². The summed E-state index contributed by atoms with van der Waals surface area (Å²) in [6, 6.07) is 9.91. The van der Waals surface area contributed by atoms with Crippen LogP contribution in [0.1, 0.15) is 9.67 Å². The molecule has 0 bridgehead atoms. The van der Waals surface area contributed by atoms with Gasteiger partial charge in [-0.3, -0.25) is 4.79 Å². The number of hydrogen-bond acceptors (Lipinski definition) is 3. The van der Waals surface area contributed by atoms with E-state index < -0.39 is 0 Å². The number of methoxy groups -OCH3 is 1. The van der Waals surface area contributed by atoms with E-state index >= 15 is 0 Å². The molecule has 2 aromatic rings. The molecule has 0 fully saturated rings. The summed E-state index contributed by atoms with van der Waals surface area (Å²) in [7, 11) is 3.36. The Morgan fingerprint density at radius 2 is 2.21 bits per heavy atom. The van der Waals surface area contributed by atoms with Crippen molar-refractivity contribution in [2.45, 2.75) is 5.38 Å². The van der Waals surface area contributed by atoms with Gasteiger partial charge in [0.05, 0.1) is 16.9 Å².